The Bertz CT molecular complexity index is 1490. The second-order valence-corrected chi connectivity index (χ2v) is 10.8. The van der Waals surface area contributed by atoms with Crippen LogP contribution in [0.2, 0.25) is 0 Å². The lowest BCUT2D eigenvalue weighted by molar-refractivity contribution is -0.147. The highest BCUT2D eigenvalue weighted by atomic mass is 19.1. The van der Waals surface area contributed by atoms with Crippen molar-refractivity contribution in [1.29, 1.82) is 0 Å². The Kier molecular flexibility index (Phi) is 6.07. The van der Waals surface area contributed by atoms with Crippen LogP contribution in [0.1, 0.15) is 25.8 Å². The Morgan fingerprint density at radius 2 is 1.97 bits per heavy atom. The number of carbonyl (C=O) groups is 1. The quantitative estimate of drug-likeness (QED) is 0.328. The lowest BCUT2D eigenvalue weighted by Gasteiger charge is -2.25. The SMILES string of the molecule is COC(=O)C(C)(C)NCC1CCN(c2ccc3c(c2)Cn2cc(-c4ccc(F)cc4)cc2-c2nccn2-3)C1. The number of hydrogen-bond donors (Lipinski definition) is 1. The summed E-state index contributed by atoms with van der Waals surface area (Å²) in [6.07, 6.45) is 7.04. The summed E-state index contributed by atoms with van der Waals surface area (Å²) in [5.74, 6) is 0.861. The first-order valence-electron chi connectivity index (χ1n) is 13.0. The molecule has 2 aromatic heterocycles. The number of ether oxygens (including phenoxy) is 1. The summed E-state index contributed by atoms with van der Waals surface area (Å²) in [7, 11) is 1.43. The Balaban J connectivity index is 1.25. The zero-order chi connectivity index (χ0) is 26.4. The van der Waals surface area contributed by atoms with Gasteiger partial charge in [-0.15, -0.1) is 0 Å². The van der Waals surface area contributed by atoms with Crippen molar-refractivity contribution in [1.82, 2.24) is 19.4 Å². The number of imidazole rings is 1. The van der Waals surface area contributed by atoms with Gasteiger partial charge in [0.15, 0.2) is 5.82 Å². The topological polar surface area (TPSA) is 64.3 Å². The third-order valence-electron chi connectivity index (χ3n) is 7.79. The largest absolute Gasteiger partial charge is 0.468 e. The van der Waals surface area contributed by atoms with E-state index in [9.17, 15) is 9.18 Å². The number of halogens is 1. The van der Waals surface area contributed by atoms with Gasteiger partial charge in [-0.05, 0) is 73.7 Å². The number of benzene rings is 2. The normalized spacial score (nSPS) is 16.5. The van der Waals surface area contributed by atoms with Crippen LogP contribution in [0, 0.1) is 11.7 Å². The summed E-state index contributed by atoms with van der Waals surface area (Å²) in [6, 6.07) is 15.4. The number of esters is 1. The minimum Gasteiger partial charge on any atom is -0.468 e. The van der Waals surface area contributed by atoms with E-state index < -0.39 is 5.54 Å². The Morgan fingerprint density at radius 3 is 2.76 bits per heavy atom. The van der Waals surface area contributed by atoms with Crippen LogP contribution in [0.25, 0.3) is 28.3 Å². The van der Waals surface area contributed by atoms with Crippen LogP contribution in [0.15, 0.2) is 67.1 Å². The van der Waals surface area contributed by atoms with Gasteiger partial charge >= 0.3 is 5.97 Å². The van der Waals surface area contributed by atoms with Gasteiger partial charge in [0.25, 0.3) is 0 Å². The van der Waals surface area contributed by atoms with Gasteiger partial charge in [-0.3, -0.25) is 9.36 Å². The first-order chi connectivity index (χ1) is 18.3. The van der Waals surface area contributed by atoms with Gasteiger partial charge in [0, 0.05) is 56.0 Å². The zero-order valence-corrected chi connectivity index (χ0v) is 21.9. The fourth-order valence-corrected chi connectivity index (χ4v) is 5.59. The smallest absolute Gasteiger partial charge is 0.325 e. The number of aromatic nitrogens is 3. The molecule has 2 aromatic carbocycles. The number of fused-ring (bicyclic) bond motifs is 5. The van der Waals surface area contributed by atoms with Crippen LogP contribution in [-0.2, 0) is 16.1 Å². The second kappa shape index (κ2) is 9.44. The molecule has 0 amide bonds. The molecule has 0 aliphatic carbocycles. The van der Waals surface area contributed by atoms with E-state index in [0.29, 0.717) is 5.92 Å². The molecule has 2 aliphatic heterocycles. The fraction of sp³-hybridized carbons (Fsp3) is 0.333. The minimum absolute atomic E-state index is 0.237. The van der Waals surface area contributed by atoms with E-state index in [1.165, 1.54) is 30.5 Å². The van der Waals surface area contributed by atoms with Gasteiger partial charge in [-0.25, -0.2) is 9.37 Å². The predicted molar refractivity (Wildman–Crippen MR) is 146 cm³/mol. The maximum atomic E-state index is 13.5. The molecule has 4 heterocycles. The molecule has 0 saturated carbocycles. The van der Waals surface area contributed by atoms with E-state index in [1.54, 1.807) is 0 Å². The number of methoxy groups -OCH3 is 1. The third kappa shape index (κ3) is 4.39. The molecule has 0 spiro atoms. The van der Waals surface area contributed by atoms with Crippen molar-refractivity contribution in [3.8, 4) is 28.3 Å². The van der Waals surface area contributed by atoms with Crippen LogP contribution >= 0.6 is 0 Å². The number of carbonyl (C=O) groups excluding carboxylic acids is 1. The molecular weight excluding hydrogens is 481 g/mol. The first kappa shape index (κ1) is 24.4. The molecule has 196 valence electrons. The highest BCUT2D eigenvalue weighted by molar-refractivity contribution is 5.79. The molecular formula is C30H32FN5O2. The molecule has 2 aliphatic rings. The average molecular weight is 514 g/mol. The number of nitrogens with one attached hydrogen (secondary N) is 1. The fourth-order valence-electron chi connectivity index (χ4n) is 5.59. The van der Waals surface area contributed by atoms with Crippen LogP contribution in [-0.4, -0.2) is 52.4 Å². The maximum Gasteiger partial charge on any atom is 0.325 e. The van der Waals surface area contributed by atoms with E-state index in [2.05, 4.69) is 54.8 Å². The molecule has 38 heavy (non-hydrogen) atoms. The molecule has 7 nitrogen and oxygen atoms in total. The molecule has 1 atom stereocenters. The Hall–Kier alpha value is -3.91. The van der Waals surface area contributed by atoms with Crippen molar-refractivity contribution in [2.24, 2.45) is 5.92 Å². The number of hydrogen-bond acceptors (Lipinski definition) is 5. The van der Waals surface area contributed by atoms with Crippen LogP contribution in [0.3, 0.4) is 0 Å². The van der Waals surface area contributed by atoms with Crippen molar-refractivity contribution in [3.05, 3.63) is 78.5 Å². The molecule has 1 fully saturated rings. The molecule has 0 bridgehead atoms. The Morgan fingerprint density at radius 1 is 1.16 bits per heavy atom. The standard InChI is InChI=1S/C30H32FN5O2/c1-30(2,29(37)38-3)33-16-20-10-12-34(17-20)25-8-9-26-23(14-25)19-35-18-22(21-4-6-24(31)7-5-21)15-27(35)28-32-11-13-36(26)28/h4-9,11,13-15,18,20,33H,10,12,16-17,19H2,1-3H3. The highest BCUT2D eigenvalue weighted by Crippen LogP contribution is 2.36. The van der Waals surface area contributed by atoms with E-state index >= 15 is 0 Å². The van der Waals surface area contributed by atoms with Crippen molar-refractivity contribution < 1.29 is 13.9 Å². The van der Waals surface area contributed by atoms with Crippen LogP contribution in [0.4, 0.5) is 10.1 Å². The molecule has 1 unspecified atom stereocenters. The van der Waals surface area contributed by atoms with Gasteiger partial charge in [-0.2, -0.15) is 0 Å². The van der Waals surface area contributed by atoms with Crippen molar-refractivity contribution >= 4 is 11.7 Å². The predicted octanol–water partition coefficient (Wildman–Crippen LogP) is 4.88. The average Bonchev–Trinajstić information content (AvgIpc) is 3.66. The zero-order valence-electron chi connectivity index (χ0n) is 21.9. The third-order valence-corrected chi connectivity index (χ3v) is 7.79. The van der Waals surface area contributed by atoms with Crippen molar-refractivity contribution in [2.45, 2.75) is 32.4 Å². The summed E-state index contributed by atoms with van der Waals surface area (Å²) >= 11 is 0. The number of nitrogens with zero attached hydrogens (tertiary/aromatic N) is 4. The maximum absolute atomic E-state index is 13.5. The lowest BCUT2D eigenvalue weighted by Crippen LogP contribution is -2.49. The highest BCUT2D eigenvalue weighted by Gasteiger charge is 2.31. The van der Waals surface area contributed by atoms with Gasteiger partial charge < -0.3 is 19.5 Å². The molecule has 4 aromatic rings. The van der Waals surface area contributed by atoms with E-state index in [-0.39, 0.29) is 11.8 Å². The molecule has 0 radical (unpaired) electrons. The van der Waals surface area contributed by atoms with Gasteiger partial charge in [0.1, 0.15) is 11.4 Å². The second-order valence-electron chi connectivity index (χ2n) is 10.8. The molecule has 8 heteroatoms. The Labute approximate surface area is 221 Å². The van der Waals surface area contributed by atoms with Gasteiger partial charge in [0.2, 0.25) is 0 Å². The van der Waals surface area contributed by atoms with E-state index in [1.807, 2.05) is 38.4 Å². The van der Waals surface area contributed by atoms with Crippen LogP contribution < -0.4 is 10.2 Å². The van der Waals surface area contributed by atoms with E-state index in [4.69, 9.17) is 4.74 Å². The molecule has 1 N–H and O–H groups in total. The summed E-state index contributed by atoms with van der Waals surface area (Å²) < 4.78 is 22.8. The monoisotopic (exact) mass is 513 g/mol. The first-order valence-corrected chi connectivity index (χ1v) is 13.0. The number of rotatable bonds is 6. The molecule has 1 saturated heterocycles. The van der Waals surface area contributed by atoms with Crippen LogP contribution in [0.5, 0.6) is 0 Å². The van der Waals surface area contributed by atoms with Gasteiger partial charge in [0.05, 0.1) is 18.5 Å². The summed E-state index contributed by atoms with van der Waals surface area (Å²) in [5.41, 5.74) is 5.91. The summed E-state index contributed by atoms with van der Waals surface area (Å²) in [5, 5.41) is 3.38. The molecule has 6 rings (SSSR count). The van der Waals surface area contributed by atoms with Gasteiger partial charge in [-0.1, -0.05) is 12.1 Å². The van der Waals surface area contributed by atoms with Crippen molar-refractivity contribution in [3.63, 3.8) is 0 Å². The van der Waals surface area contributed by atoms with E-state index in [0.717, 1.165) is 60.9 Å². The summed E-state index contributed by atoms with van der Waals surface area (Å²) in [6.45, 7) is 7.11. The lowest BCUT2D eigenvalue weighted by atomic mass is 10.0. The summed E-state index contributed by atoms with van der Waals surface area (Å²) in [4.78, 5) is 19.1. The minimum atomic E-state index is -0.698. The number of anilines is 1. The van der Waals surface area contributed by atoms with Crippen molar-refractivity contribution in [2.75, 3.05) is 31.6 Å².